The Morgan fingerprint density at radius 3 is 2.61 bits per heavy atom. The van der Waals surface area contributed by atoms with Crippen LogP contribution in [0.25, 0.3) is 11.3 Å². The molecule has 1 fully saturated rings. The molecule has 0 bridgehead atoms. The fourth-order valence-electron chi connectivity index (χ4n) is 2.27. The maximum atomic E-state index is 11.2. The number of aromatic nitrogens is 2. The van der Waals surface area contributed by atoms with Crippen molar-refractivity contribution in [1.29, 1.82) is 0 Å². The molecule has 2 aromatic rings. The molecule has 2 N–H and O–H groups in total. The highest BCUT2D eigenvalue weighted by molar-refractivity contribution is 7.92. The van der Waals surface area contributed by atoms with Crippen LogP contribution >= 0.6 is 0 Å². The van der Waals surface area contributed by atoms with Gasteiger partial charge in [-0.05, 0) is 24.3 Å². The van der Waals surface area contributed by atoms with Gasteiger partial charge in [-0.3, -0.25) is 5.10 Å². The van der Waals surface area contributed by atoms with E-state index in [0.29, 0.717) is 22.8 Å². The number of benzene rings is 1. The molecule has 0 amide bonds. The summed E-state index contributed by atoms with van der Waals surface area (Å²) in [6.45, 7) is 0. The van der Waals surface area contributed by atoms with Crippen LogP contribution in [0.15, 0.2) is 24.3 Å². The SMILES string of the molecule is COc1ccc(-c2cc(C(=O)O)[nH]n2)cc1OC1CS(=O)(=O)C1. The van der Waals surface area contributed by atoms with Crippen molar-refractivity contribution < 1.29 is 27.8 Å². The Hall–Kier alpha value is -2.55. The van der Waals surface area contributed by atoms with Crippen molar-refractivity contribution in [2.24, 2.45) is 0 Å². The molecule has 1 aromatic carbocycles. The molecule has 0 unspecified atom stereocenters. The first-order valence-corrected chi connectivity index (χ1v) is 8.54. The third kappa shape index (κ3) is 3.14. The molecule has 23 heavy (non-hydrogen) atoms. The summed E-state index contributed by atoms with van der Waals surface area (Å²) in [7, 11) is -1.50. The summed E-state index contributed by atoms with van der Waals surface area (Å²) in [5.41, 5.74) is 1.05. The van der Waals surface area contributed by atoms with Crippen molar-refractivity contribution in [2.45, 2.75) is 6.10 Å². The number of ether oxygens (including phenoxy) is 2. The van der Waals surface area contributed by atoms with Crippen molar-refractivity contribution in [3.8, 4) is 22.8 Å². The molecule has 1 aliphatic heterocycles. The Morgan fingerprint density at radius 2 is 2.04 bits per heavy atom. The number of methoxy groups -OCH3 is 1. The van der Waals surface area contributed by atoms with Gasteiger partial charge in [-0.1, -0.05) is 0 Å². The highest BCUT2D eigenvalue weighted by Crippen LogP contribution is 2.34. The highest BCUT2D eigenvalue weighted by Gasteiger charge is 2.35. The molecule has 0 aliphatic carbocycles. The molecular formula is C14H14N2O6S. The van der Waals surface area contributed by atoms with Crippen LogP contribution < -0.4 is 9.47 Å². The van der Waals surface area contributed by atoms with E-state index in [9.17, 15) is 13.2 Å². The number of nitrogens with one attached hydrogen (secondary N) is 1. The van der Waals surface area contributed by atoms with Gasteiger partial charge in [-0.25, -0.2) is 13.2 Å². The van der Waals surface area contributed by atoms with E-state index in [2.05, 4.69) is 10.2 Å². The summed E-state index contributed by atoms with van der Waals surface area (Å²) in [6, 6.07) is 6.42. The largest absolute Gasteiger partial charge is 0.493 e. The summed E-state index contributed by atoms with van der Waals surface area (Å²) in [5, 5.41) is 15.3. The van der Waals surface area contributed by atoms with Crippen molar-refractivity contribution in [1.82, 2.24) is 10.2 Å². The number of hydrogen-bond donors (Lipinski definition) is 2. The average Bonchev–Trinajstić information content (AvgIpc) is 2.95. The van der Waals surface area contributed by atoms with Gasteiger partial charge in [-0.2, -0.15) is 5.10 Å². The van der Waals surface area contributed by atoms with E-state index in [4.69, 9.17) is 14.6 Å². The number of hydrogen-bond acceptors (Lipinski definition) is 6. The van der Waals surface area contributed by atoms with E-state index in [1.807, 2.05) is 0 Å². The molecule has 9 heteroatoms. The van der Waals surface area contributed by atoms with Gasteiger partial charge >= 0.3 is 5.97 Å². The molecule has 0 saturated carbocycles. The second kappa shape index (κ2) is 5.58. The van der Waals surface area contributed by atoms with Crippen LogP contribution in [0.3, 0.4) is 0 Å². The van der Waals surface area contributed by atoms with E-state index < -0.39 is 21.9 Å². The van der Waals surface area contributed by atoms with Gasteiger partial charge in [0, 0.05) is 5.56 Å². The Bertz CT molecular complexity index is 846. The van der Waals surface area contributed by atoms with Crippen LogP contribution in [0.1, 0.15) is 10.5 Å². The molecule has 8 nitrogen and oxygen atoms in total. The minimum Gasteiger partial charge on any atom is -0.493 e. The topological polar surface area (TPSA) is 119 Å². The van der Waals surface area contributed by atoms with E-state index >= 15 is 0 Å². The Kier molecular flexibility index (Phi) is 3.72. The van der Waals surface area contributed by atoms with Gasteiger partial charge in [0.25, 0.3) is 0 Å². The van der Waals surface area contributed by atoms with Crippen LogP contribution in [-0.4, -0.2) is 54.4 Å². The third-order valence-corrected chi connectivity index (χ3v) is 5.20. The van der Waals surface area contributed by atoms with Crippen molar-refractivity contribution in [3.63, 3.8) is 0 Å². The standard InChI is InChI=1S/C14H14N2O6S/c1-21-12-3-2-8(10-5-11(14(17)18)16-15-10)4-13(12)22-9-6-23(19,20)7-9/h2-5,9H,6-7H2,1H3,(H,15,16)(H,17,18). The second-order valence-electron chi connectivity index (χ2n) is 5.15. The number of aromatic carboxylic acids is 1. The fraction of sp³-hybridized carbons (Fsp3) is 0.286. The zero-order valence-electron chi connectivity index (χ0n) is 12.1. The number of aromatic amines is 1. The summed E-state index contributed by atoms with van der Waals surface area (Å²) < 4.78 is 33.3. The Balaban J connectivity index is 1.87. The molecule has 1 saturated heterocycles. The van der Waals surface area contributed by atoms with Gasteiger partial charge < -0.3 is 14.6 Å². The molecule has 0 spiro atoms. The van der Waals surface area contributed by atoms with Gasteiger partial charge in [0.2, 0.25) is 0 Å². The lowest BCUT2D eigenvalue weighted by Gasteiger charge is -2.27. The fourth-order valence-corrected chi connectivity index (χ4v) is 3.44. The lowest BCUT2D eigenvalue weighted by Crippen LogP contribution is -2.45. The van der Waals surface area contributed by atoms with Crippen LogP contribution in [0, 0.1) is 0 Å². The normalized spacial score (nSPS) is 16.6. The second-order valence-corrected chi connectivity index (χ2v) is 7.31. The Morgan fingerprint density at radius 1 is 1.30 bits per heavy atom. The number of carboxylic acids is 1. The molecule has 0 atom stereocenters. The van der Waals surface area contributed by atoms with Gasteiger partial charge in [0.05, 0.1) is 24.3 Å². The summed E-state index contributed by atoms with van der Waals surface area (Å²) in [5.74, 6) is -0.289. The van der Waals surface area contributed by atoms with E-state index in [1.54, 1.807) is 18.2 Å². The van der Waals surface area contributed by atoms with Gasteiger partial charge in [-0.15, -0.1) is 0 Å². The monoisotopic (exact) mass is 338 g/mol. The summed E-state index contributed by atoms with van der Waals surface area (Å²) in [4.78, 5) is 10.9. The Labute approximate surface area is 132 Å². The van der Waals surface area contributed by atoms with E-state index in [0.717, 1.165) is 0 Å². The van der Waals surface area contributed by atoms with Gasteiger partial charge in [0.15, 0.2) is 21.3 Å². The van der Waals surface area contributed by atoms with Crippen molar-refractivity contribution in [3.05, 3.63) is 30.0 Å². The minimum atomic E-state index is -2.99. The van der Waals surface area contributed by atoms with Crippen molar-refractivity contribution in [2.75, 3.05) is 18.6 Å². The molecule has 122 valence electrons. The molecular weight excluding hydrogens is 324 g/mol. The first-order chi connectivity index (χ1) is 10.9. The summed E-state index contributed by atoms with van der Waals surface area (Å²) in [6.07, 6.45) is -0.405. The average molecular weight is 338 g/mol. The van der Waals surface area contributed by atoms with Gasteiger partial charge in [0.1, 0.15) is 11.8 Å². The molecule has 3 rings (SSSR count). The third-order valence-electron chi connectivity index (χ3n) is 3.44. The molecule has 1 aliphatic rings. The van der Waals surface area contributed by atoms with Crippen LogP contribution in [-0.2, 0) is 9.84 Å². The maximum absolute atomic E-state index is 11.2. The van der Waals surface area contributed by atoms with Crippen LogP contribution in [0.2, 0.25) is 0 Å². The zero-order valence-corrected chi connectivity index (χ0v) is 13.0. The highest BCUT2D eigenvalue weighted by atomic mass is 32.2. The number of carboxylic acid groups (broad SMARTS) is 1. The number of H-pyrrole nitrogens is 1. The lowest BCUT2D eigenvalue weighted by molar-refractivity contribution is 0.0690. The smallest absolute Gasteiger partial charge is 0.353 e. The van der Waals surface area contributed by atoms with Crippen LogP contribution in [0.5, 0.6) is 11.5 Å². The number of sulfone groups is 1. The minimum absolute atomic E-state index is 0.0219. The first kappa shape index (κ1) is 15.3. The maximum Gasteiger partial charge on any atom is 0.353 e. The van der Waals surface area contributed by atoms with Crippen molar-refractivity contribution >= 4 is 15.8 Å². The molecule has 2 heterocycles. The lowest BCUT2D eigenvalue weighted by atomic mass is 10.1. The zero-order chi connectivity index (χ0) is 16.6. The molecule has 0 radical (unpaired) electrons. The van der Waals surface area contributed by atoms with E-state index in [-0.39, 0.29) is 17.2 Å². The summed E-state index contributed by atoms with van der Waals surface area (Å²) >= 11 is 0. The predicted octanol–water partition coefficient (Wildman–Crippen LogP) is 0.959. The number of carbonyl (C=O) groups is 1. The molecule has 1 aromatic heterocycles. The number of rotatable bonds is 5. The van der Waals surface area contributed by atoms with Crippen LogP contribution in [0.4, 0.5) is 0 Å². The quantitative estimate of drug-likeness (QED) is 0.833. The first-order valence-electron chi connectivity index (χ1n) is 6.72. The predicted molar refractivity (Wildman–Crippen MR) is 80.6 cm³/mol. The van der Waals surface area contributed by atoms with E-state index in [1.165, 1.54) is 13.2 Å². The number of nitrogens with zero attached hydrogens (tertiary/aromatic N) is 1.